The summed E-state index contributed by atoms with van der Waals surface area (Å²) in [4.78, 5) is 22.2. The molecule has 3 aliphatic rings. The van der Waals surface area contributed by atoms with Gasteiger partial charge in [0.1, 0.15) is 18.5 Å². The number of carbonyl (C=O) groups excluding carboxylic acids is 1. The summed E-state index contributed by atoms with van der Waals surface area (Å²) in [5.41, 5.74) is 0.784. The highest BCUT2D eigenvalue weighted by atomic mass is 35.5. The molecular formula is C23H23ClFN5O4. The smallest absolute Gasteiger partial charge is 0.410 e. The Morgan fingerprint density at radius 2 is 2.03 bits per heavy atom. The Labute approximate surface area is 200 Å². The Balaban J connectivity index is 1.29. The number of hydrogen-bond acceptors (Lipinski definition) is 8. The molecule has 0 radical (unpaired) electrons. The topological polar surface area (TPSA) is 110 Å². The number of nitrogens with one attached hydrogen (secondary N) is 1. The van der Waals surface area contributed by atoms with Crippen molar-refractivity contribution < 1.29 is 23.4 Å². The van der Waals surface area contributed by atoms with Crippen molar-refractivity contribution in [1.82, 2.24) is 14.9 Å². The second kappa shape index (κ2) is 9.60. The molecule has 34 heavy (non-hydrogen) atoms. The van der Waals surface area contributed by atoms with Crippen molar-refractivity contribution in [3.8, 4) is 11.9 Å². The minimum atomic E-state index is -0.756. The van der Waals surface area contributed by atoms with Crippen molar-refractivity contribution in [1.29, 1.82) is 5.26 Å². The van der Waals surface area contributed by atoms with Crippen LogP contribution in [0.3, 0.4) is 0 Å². The maximum atomic E-state index is 15.2. The Hall–Kier alpha value is -3.16. The maximum absolute atomic E-state index is 15.2. The molecule has 2 unspecified atom stereocenters. The third-order valence-corrected chi connectivity index (χ3v) is 6.75. The highest BCUT2D eigenvalue weighted by Gasteiger charge is 2.44. The van der Waals surface area contributed by atoms with Gasteiger partial charge in [-0.2, -0.15) is 14.6 Å². The van der Waals surface area contributed by atoms with Gasteiger partial charge < -0.3 is 24.4 Å². The van der Waals surface area contributed by atoms with Crippen LogP contribution in [-0.2, 0) is 9.47 Å². The fraction of sp³-hybridized carbons (Fsp3) is 0.478. The van der Waals surface area contributed by atoms with E-state index in [9.17, 15) is 4.79 Å². The molecule has 1 aromatic carbocycles. The standard InChI is InChI=1S/C23H23ClFN5O4/c24-17-6-13(7-26)4-5-18(17)29-21-19(25)22(28-12-27-21)34-20-14-8-30(9-15(20)11-32-10-14)23(31)33-16-2-1-3-16/h4-6,12,14-16,20H,1-3,8-11H2,(H,27,28,29). The average Bonchev–Trinajstić information content (AvgIpc) is 2.79. The average molecular weight is 488 g/mol. The van der Waals surface area contributed by atoms with Crippen LogP contribution in [0.4, 0.5) is 20.7 Å². The molecule has 5 rings (SSSR count). The number of nitrogens with zero attached hydrogens (tertiary/aromatic N) is 4. The minimum absolute atomic E-state index is 0.0169. The van der Waals surface area contributed by atoms with Crippen LogP contribution >= 0.6 is 11.6 Å². The van der Waals surface area contributed by atoms with Crippen molar-refractivity contribution in [2.24, 2.45) is 11.8 Å². The molecule has 9 nitrogen and oxygen atoms in total. The van der Waals surface area contributed by atoms with Crippen LogP contribution in [0.5, 0.6) is 5.88 Å². The number of carbonyl (C=O) groups is 1. The number of hydrogen-bond donors (Lipinski definition) is 1. The summed E-state index contributed by atoms with van der Waals surface area (Å²) in [6, 6.07) is 6.61. The summed E-state index contributed by atoms with van der Waals surface area (Å²) >= 11 is 6.19. The van der Waals surface area contributed by atoms with Gasteiger partial charge in [-0.15, -0.1) is 0 Å². The fourth-order valence-electron chi connectivity index (χ4n) is 4.41. The number of likely N-dealkylation sites (tertiary alicyclic amines) is 1. The molecule has 2 aromatic rings. The number of aromatic nitrogens is 2. The van der Waals surface area contributed by atoms with Crippen LogP contribution < -0.4 is 10.1 Å². The normalized spacial score (nSPS) is 24.0. The Morgan fingerprint density at radius 3 is 2.68 bits per heavy atom. The Kier molecular flexibility index (Phi) is 6.39. The zero-order valence-corrected chi connectivity index (χ0v) is 19.0. The largest absolute Gasteiger partial charge is 0.471 e. The van der Waals surface area contributed by atoms with Crippen LogP contribution in [0.15, 0.2) is 24.5 Å². The number of ether oxygens (including phenoxy) is 3. The van der Waals surface area contributed by atoms with Gasteiger partial charge in [0.15, 0.2) is 5.82 Å². The molecule has 3 heterocycles. The molecule has 11 heteroatoms. The van der Waals surface area contributed by atoms with Gasteiger partial charge in [-0.3, -0.25) is 0 Å². The predicted octanol–water partition coefficient (Wildman–Crippen LogP) is 3.90. The molecule has 2 saturated heterocycles. The quantitative estimate of drug-likeness (QED) is 0.676. The molecule has 2 atom stereocenters. The van der Waals surface area contributed by atoms with Crippen LogP contribution in [0, 0.1) is 29.0 Å². The molecule has 3 fully saturated rings. The molecule has 1 saturated carbocycles. The van der Waals surface area contributed by atoms with Crippen molar-refractivity contribution in [2.45, 2.75) is 31.5 Å². The maximum Gasteiger partial charge on any atom is 0.410 e. The van der Waals surface area contributed by atoms with Crippen LogP contribution in [0.25, 0.3) is 0 Å². The van der Waals surface area contributed by atoms with Crippen molar-refractivity contribution in [3.63, 3.8) is 0 Å². The number of amides is 1. The Bertz CT molecular complexity index is 1110. The lowest BCUT2D eigenvalue weighted by atomic mass is 9.84. The molecule has 1 amide bonds. The van der Waals surface area contributed by atoms with Gasteiger partial charge in [-0.05, 0) is 37.5 Å². The number of nitriles is 1. The van der Waals surface area contributed by atoms with E-state index < -0.39 is 5.82 Å². The van der Waals surface area contributed by atoms with E-state index in [0.29, 0.717) is 37.6 Å². The number of piperidine rings is 1. The van der Waals surface area contributed by atoms with Crippen molar-refractivity contribution >= 4 is 29.2 Å². The van der Waals surface area contributed by atoms with Crippen molar-refractivity contribution in [3.05, 3.63) is 40.9 Å². The lowest BCUT2D eigenvalue weighted by Crippen LogP contribution is -2.59. The summed E-state index contributed by atoms with van der Waals surface area (Å²) in [6.07, 6.45) is 3.47. The molecule has 1 aromatic heterocycles. The van der Waals surface area contributed by atoms with Gasteiger partial charge in [-0.25, -0.2) is 9.78 Å². The van der Waals surface area contributed by atoms with E-state index in [1.165, 1.54) is 12.4 Å². The zero-order valence-electron chi connectivity index (χ0n) is 18.2. The fourth-order valence-corrected chi connectivity index (χ4v) is 4.64. The Morgan fingerprint density at radius 1 is 1.26 bits per heavy atom. The lowest BCUT2D eigenvalue weighted by molar-refractivity contribution is -0.113. The van der Waals surface area contributed by atoms with Crippen LogP contribution in [0.1, 0.15) is 24.8 Å². The van der Waals surface area contributed by atoms with E-state index >= 15 is 4.39 Å². The molecular weight excluding hydrogens is 465 g/mol. The van der Waals surface area contributed by atoms with E-state index in [1.807, 2.05) is 6.07 Å². The van der Waals surface area contributed by atoms with E-state index in [1.54, 1.807) is 17.0 Å². The SMILES string of the molecule is N#Cc1ccc(Nc2ncnc(OC3C4COCC3CN(C(=O)OC3CCC3)C4)c2F)c(Cl)c1. The zero-order chi connectivity index (χ0) is 23.7. The van der Waals surface area contributed by atoms with Gasteiger partial charge in [0.05, 0.1) is 35.6 Å². The number of fused-ring (bicyclic) bond motifs is 2. The molecule has 2 aliphatic heterocycles. The monoisotopic (exact) mass is 487 g/mol. The van der Waals surface area contributed by atoms with E-state index in [-0.39, 0.29) is 46.9 Å². The summed E-state index contributed by atoms with van der Waals surface area (Å²) < 4.78 is 32.5. The number of halogens is 2. The van der Waals surface area contributed by atoms with Crippen molar-refractivity contribution in [2.75, 3.05) is 31.6 Å². The van der Waals surface area contributed by atoms with Gasteiger partial charge in [0, 0.05) is 24.9 Å². The van der Waals surface area contributed by atoms with Crippen LogP contribution in [-0.4, -0.2) is 59.5 Å². The van der Waals surface area contributed by atoms with Gasteiger partial charge in [0.25, 0.3) is 5.88 Å². The second-order valence-corrected chi connectivity index (χ2v) is 9.16. The van der Waals surface area contributed by atoms with E-state index in [0.717, 1.165) is 19.3 Å². The lowest BCUT2D eigenvalue weighted by Gasteiger charge is -2.46. The van der Waals surface area contributed by atoms with Crippen LogP contribution in [0.2, 0.25) is 5.02 Å². The first-order valence-corrected chi connectivity index (χ1v) is 11.6. The highest BCUT2D eigenvalue weighted by molar-refractivity contribution is 6.33. The van der Waals surface area contributed by atoms with E-state index in [2.05, 4.69) is 15.3 Å². The first kappa shape index (κ1) is 22.6. The first-order valence-electron chi connectivity index (χ1n) is 11.2. The molecule has 178 valence electrons. The second-order valence-electron chi connectivity index (χ2n) is 8.75. The third-order valence-electron chi connectivity index (χ3n) is 6.44. The molecule has 1 N–H and O–H groups in total. The number of anilines is 2. The molecule has 0 spiro atoms. The van der Waals surface area contributed by atoms with Gasteiger partial charge >= 0.3 is 6.09 Å². The third kappa shape index (κ3) is 4.58. The summed E-state index contributed by atoms with van der Waals surface area (Å²) in [6.45, 7) is 1.61. The van der Waals surface area contributed by atoms with E-state index in [4.69, 9.17) is 31.1 Å². The highest BCUT2D eigenvalue weighted by Crippen LogP contribution is 2.34. The summed E-state index contributed by atoms with van der Waals surface area (Å²) in [5.74, 6) is -1.32. The predicted molar refractivity (Wildman–Crippen MR) is 119 cm³/mol. The molecule has 2 bridgehead atoms. The number of benzene rings is 1. The summed E-state index contributed by atoms with van der Waals surface area (Å²) in [7, 11) is 0. The van der Waals surface area contributed by atoms with Gasteiger partial charge in [0.2, 0.25) is 5.82 Å². The molecule has 1 aliphatic carbocycles. The number of rotatable bonds is 5. The summed E-state index contributed by atoms with van der Waals surface area (Å²) in [5, 5.41) is 12.1. The van der Waals surface area contributed by atoms with Gasteiger partial charge in [-0.1, -0.05) is 11.6 Å². The first-order chi connectivity index (χ1) is 16.5. The minimum Gasteiger partial charge on any atom is -0.471 e.